The van der Waals surface area contributed by atoms with E-state index in [0.717, 1.165) is 23.2 Å². The fourth-order valence-corrected chi connectivity index (χ4v) is 5.46. The first kappa shape index (κ1) is 25.7. The van der Waals surface area contributed by atoms with Crippen molar-refractivity contribution in [3.05, 3.63) is 53.6 Å². The number of nitrogens with zero attached hydrogens (tertiary/aromatic N) is 1. The van der Waals surface area contributed by atoms with Crippen LogP contribution in [-0.4, -0.2) is 50.9 Å². The van der Waals surface area contributed by atoms with Gasteiger partial charge in [0.1, 0.15) is 5.75 Å². The molecule has 2 aromatic carbocycles. The third-order valence-corrected chi connectivity index (χ3v) is 7.82. The van der Waals surface area contributed by atoms with Crippen LogP contribution >= 0.6 is 0 Å². The van der Waals surface area contributed by atoms with Crippen LogP contribution in [0.2, 0.25) is 0 Å². The largest absolute Gasteiger partial charge is 0.494 e. The van der Waals surface area contributed by atoms with Crippen LogP contribution in [-0.2, 0) is 30.8 Å². The number of ether oxygens (including phenoxy) is 2. The van der Waals surface area contributed by atoms with Crippen molar-refractivity contribution < 1.29 is 27.5 Å². The zero-order chi connectivity index (χ0) is 24.7. The molecule has 0 aromatic heterocycles. The van der Waals surface area contributed by atoms with Gasteiger partial charge in [-0.2, -0.15) is 4.31 Å². The minimum absolute atomic E-state index is 0.191. The van der Waals surface area contributed by atoms with E-state index in [1.807, 2.05) is 39.0 Å². The Morgan fingerprint density at radius 2 is 1.74 bits per heavy atom. The summed E-state index contributed by atoms with van der Waals surface area (Å²) < 4.78 is 37.8. The number of piperidine rings is 1. The smallest absolute Gasteiger partial charge is 0.309 e. The third-order valence-electron chi connectivity index (χ3n) is 5.91. The van der Waals surface area contributed by atoms with Crippen molar-refractivity contribution in [2.45, 2.75) is 44.9 Å². The van der Waals surface area contributed by atoms with E-state index in [9.17, 15) is 18.0 Å². The number of amides is 1. The van der Waals surface area contributed by atoms with Gasteiger partial charge in [-0.25, -0.2) is 8.42 Å². The molecule has 0 unspecified atom stereocenters. The summed E-state index contributed by atoms with van der Waals surface area (Å²) in [7, 11) is -3.65. The molecule has 1 aliphatic heterocycles. The molecule has 8 nitrogen and oxygen atoms in total. The molecular formula is C25H32N2O6S. The number of carbonyl (C=O) groups excluding carboxylic acids is 2. The zero-order valence-corrected chi connectivity index (χ0v) is 20.7. The molecular weight excluding hydrogens is 456 g/mol. The van der Waals surface area contributed by atoms with E-state index >= 15 is 0 Å². The summed E-state index contributed by atoms with van der Waals surface area (Å²) in [6.45, 7) is 6.33. The quantitative estimate of drug-likeness (QED) is 0.542. The molecule has 9 heteroatoms. The Balaban J connectivity index is 1.50. The number of esters is 1. The maximum Gasteiger partial charge on any atom is 0.309 e. The highest BCUT2D eigenvalue weighted by atomic mass is 32.2. The van der Waals surface area contributed by atoms with Crippen LogP contribution in [0.4, 0.5) is 5.69 Å². The van der Waals surface area contributed by atoms with Crippen molar-refractivity contribution in [3.63, 3.8) is 0 Å². The summed E-state index contributed by atoms with van der Waals surface area (Å²) in [6.07, 6.45) is 1.46. The Labute approximate surface area is 201 Å². The number of rotatable bonds is 9. The topological polar surface area (TPSA) is 102 Å². The first-order valence-corrected chi connectivity index (χ1v) is 13.0. The van der Waals surface area contributed by atoms with Gasteiger partial charge in [-0.3, -0.25) is 9.59 Å². The number of benzene rings is 2. The lowest BCUT2D eigenvalue weighted by molar-refractivity contribution is -0.152. The molecule has 0 atom stereocenters. The number of carbonyl (C=O) groups is 2. The minimum Gasteiger partial charge on any atom is -0.494 e. The first-order chi connectivity index (χ1) is 16.3. The van der Waals surface area contributed by atoms with Gasteiger partial charge in [0.15, 0.2) is 6.61 Å². The predicted molar refractivity (Wildman–Crippen MR) is 129 cm³/mol. The second kappa shape index (κ2) is 11.5. The van der Waals surface area contributed by atoms with E-state index in [2.05, 4.69) is 5.32 Å². The Morgan fingerprint density at radius 3 is 2.35 bits per heavy atom. The molecule has 1 saturated heterocycles. The van der Waals surface area contributed by atoms with Gasteiger partial charge in [0.05, 0.1) is 17.4 Å². The normalized spacial score (nSPS) is 15.0. The van der Waals surface area contributed by atoms with E-state index in [-0.39, 0.29) is 24.6 Å². The predicted octanol–water partition coefficient (Wildman–Crippen LogP) is 3.54. The fraction of sp³-hybridized carbons (Fsp3) is 0.440. The molecule has 1 fully saturated rings. The second-order valence-electron chi connectivity index (χ2n) is 8.20. The molecule has 0 radical (unpaired) electrons. The summed E-state index contributed by atoms with van der Waals surface area (Å²) in [6, 6.07) is 12.1. The maximum atomic E-state index is 12.9. The number of aryl methyl sites for hydroxylation is 2. The van der Waals surface area contributed by atoms with E-state index < -0.39 is 27.8 Å². The van der Waals surface area contributed by atoms with Crippen molar-refractivity contribution in [2.75, 3.05) is 31.6 Å². The summed E-state index contributed by atoms with van der Waals surface area (Å²) in [5.74, 6) is -0.703. The monoisotopic (exact) mass is 488 g/mol. The van der Waals surface area contributed by atoms with Crippen LogP contribution in [0.15, 0.2) is 47.4 Å². The van der Waals surface area contributed by atoms with Gasteiger partial charge >= 0.3 is 5.97 Å². The Bertz CT molecular complexity index is 1110. The van der Waals surface area contributed by atoms with Crippen LogP contribution in [0.5, 0.6) is 5.75 Å². The van der Waals surface area contributed by atoms with Crippen molar-refractivity contribution in [1.82, 2.24) is 4.31 Å². The highest BCUT2D eigenvalue weighted by molar-refractivity contribution is 7.89. The van der Waals surface area contributed by atoms with Crippen LogP contribution in [0, 0.1) is 12.8 Å². The van der Waals surface area contributed by atoms with E-state index in [4.69, 9.17) is 9.47 Å². The standard InChI is InChI=1S/C25H32N2O6S/c1-4-19-8-6-7-18(3)24(19)26-23(28)17-33-25(29)20-13-15-27(16-14-20)34(30,31)22-11-9-21(10-12-22)32-5-2/h6-12,20H,4-5,13-17H2,1-3H3,(H,26,28). The van der Waals surface area contributed by atoms with E-state index in [1.165, 1.54) is 16.4 Å². The summed E-state index contributed by atoms with van der Waals surface area (Å²) in [5.41, 5.74) is 2.71. The molecule has 1 aliphatic rings. The van der Waals surface area contributed by atoms with Gasteiger partial charge in [0, 0.05) is 18.8 Å². The van der Waals surface area contributed by atoms with Crippen molar-refractivity contribution in [2.24, 2.45) is 5.92 Å². The van der Waals surface area contributed by atoms with Crippen molar-refractivity contribution in [1.29, 1.82) is 0 Å². The number of nitrogens with one attached hydrogen (secondary N) is 1. The molecule has 0 spiro atoms. The number of hydrogen-bond donors (Lipinski definition) is 1. The van der Waals surface area contributed by atoms with Gasteiger partial charge in [-0.05, 0) is 68.5 Å². The molecule has 3 rings (SSSR count). The number of sulfonamides is 1. The van der Waals surface area contributed by atoms with Crippen molar-refractivity contribution >= 4 is 27.6 Å². The number of hydrogen-bond acceptors (Lipinski definition) is 6. The van der Waals surface area contributed by atoms with Crippen molar-refractivity contribution in [3.8, 4) is 5.75 Å². The van der Waals surface area contributed by atoms with Crippen LogP contribution in [0.25, 0.3) is 0 Å². The Hall–Kier alpha value is -2.91. The van der Waals surface area contributed by atoms with Gasteiger partial charge in [-0.15, -0.1) is 0 Å². The minimum atomic E-state index is -3.65. The van der Waals surface area contributed by atoms with Crippen LogP contribution in [0.1, 0.15) is 37.8 Å². The summed E-state index contributed by atoms with van der Waals surface area (Å²) >= 11 is 0. The second-order valence-corrected chi connectivity index (χ2v) is 10.1. The lowest BCUT2D eigenvalue weighted by Gasteiger charge is -2.30. The van der Waals surface area contributed by atoms with Crippen LogP contribution < -0.4 is 10.1 Å². The summed E-state index contributed by atoms with van der Waals surface area (Å²) in [4.78, 5) is 25.0. The molecule has 1 amide bonds. The molecule has 34 heavy (non-hydrogen) atoms. The average Bonchev–Trinajstić information content (AvgIpc) is 2.84. The average molecular weight is 489 g/mol. The lowest BCUT2D eigenvalue weighted by Crippen LogP contribution is -2.40. The Morgan fingerprint density at radius 1 is 1.06 bits per heavy atom. The molecule has 0 aliphatic carbocycles. The number of para-hydroxylation sites is 1. The third kappa shape index (κ3) is 6.15. The zero-order valence-electron chi connectivity index (χ0n) is 19.9. The van der Waals surface area contributed by atoms with Gasteiger partial charge in [-0.1, -0.05) is 25.1 Å². The molecule has 1 heterocycles. The van der Waals surface area contributed by atoms with E-state index in [0.29, 0.717) is 25.2 Å². The highest BCUT2D eigenvalue weighted by Gasteiger charge is 2.33. The molecule has 1 N–H and O–H groups in total. The van der Waals surface area contributed by atoms with Gasteiger partial charge in [0.25, 0.3) is 5.91 Å². The molecule has 0 bridgehead atoms. The molecule has 184 valence electrons. The highest BCUT2D eigenvalue weighted by Crippen LogP contribution is 2.26. The SMILES string of the molecule is CCOc1ccc(S(=O)(=O)N2CCC(C(=O)OCC(=O)Nc3c(C)cccc3CC)CC2)cc1. The van der Waals surface area contributed by atoms with E-state index in [1.54, 1.807) is 12.1 Å². The fourth-order valence-electron chi connectivity index (χ4n) is 3.99. The Kier molecular flexibility index (Phi) is 8.68. The summed E-state index contributed by atoms with van der Waals surface area (Å²) in [5, 5.41) is 2.83. The maximum absolute atomic E-state index is 12.9. The van der Waals surface area contributed by atoms with Gasteiger partial charge in [0.2, 0.25) is 10.0 Å². The van der Waals surface area contributed by atoms with Gasteiger partial charge < -0.3 is 14.8 Å². The number of anilines is 1. The lowest BCUT2D eigenvalue weighted by atomic mass is 9.98. The van der Waals surface area contributed by atoms with Crippen LogP contribution in [0.3, 0.4) is 0 Å². The first-order valence-electron chi connectivity index (χ1n) is 11.5. The molecule has 0 saturated carbocycles. The molecule has 2 aromatic rings.